The second-order valence-electron chi connectivity index (χ2n) is 6.16. The van der Waals surface area contributed by atoms with Gasteiger partial charge in [0, 0.05) is 39.9 Å². The van der Waals surface area contributed by atoms with E-state index in [-0.39, 0.29) is 5.41 Å². The molecule has 0 saturated carbocycles. The van der Waals surface area contributed by atoms with E-state index in [0.717, 1.165) is 39.4 Å². The molecule has 0 aliphatic carbocycles. The summed E-state index contributed by atoms with van der Waals surface area (Å²) in [5.74, 6) is 0. The molecular formula is C15H34N2O2. The number of rotatable bonds is 11. The van der Waals surface area contributed by atoms with Crippen LogP contribution in [-0.2, 0) is 9.47 Å². The van der Waals surface area contributed by atoms with Crippen LogP contribution < -0.4 is 5.32 Å². The summed E-state index contributed by atoms with van der Waals surface area (Å²) in [6.07, 6.45) is 1.17. The van der Waals surface area contributed by atoms with Gasteiger partial charge in [0.25, 0.3) is 0 Å². The summed E-state index contributed by atoms with van der Waals surface area (Å²) in [5, 5.41) is 3.67. The molecule has 0 bridgehead atoms. The lowest BCUT2D eigenvalue weighted by Gasteiger charge is -2.36. The third-order valence-electron chi connectivity index (χ3n) is 3.35. The van der Waals surface area contributed by atoms with Crippen molar-refractivity contribution in [1.29, 1.82) is 0 Å². The molecule has 0 aromatic heterocycles. The van der Waals surface area contributed by atoms with Gasteiger partial charge in [-0.05, 0) is 18.4 Å². The van der Waals surface area contributed by atoms with Crippen molar-refractivity contribution in [2.75, 3.05) is 53.6 Å². The van der Waals surface area contributed by atoms with E-state index in [9.17, 15) is 0 Å². The number of nitrogens with one attached hydrogen (secondary N) is 1. The first kappa shape index (κ1) is 18.8. The lowest BCUT2D eigenvalue weighted by Crippen LogP contribution is -2.50. The molecule has 0 aromatic rings. The molecule has 0 spiro atoms. The first-order valence-corrected chi connectivity index (χ1v) is 7.39. The summed E-state index contributed by atoms with van der Waals surface area (Å²) in [5.41, 5.74) is 0.258. The average Bonchev–Trinajstić information content (AvgIpc) is 2.35. The molecule has 0 fully saturated rings. The Kier molecular flexibility index (Phi) is 10.5. The van der Waals surface area contributed by atoms with Crippen LogP contribution in [0.15, 0.2) is 0 Å². The fourth-order valence-electron chi connectivity index (χ4n) is 1.96. The van der Waals surface area contributed by atoms with Gasteiger partial charge in [-0.2, -0.15) is 0 Å². The smallest absolute Gasteiger partial charge is 0.0589 e. The van der Waals surface area contributed by atoms with Gasteiger partial charge in [-0.25, -0.2) is 0 Å². The van der Waals surface area contributed by atoms with Crippen LogP contribution in [0.2, 0.25) is 0 Å². The van der Waals surface area contributed by atoms with Crippen LogP contribution in [0.5, 0.6) is 0 Å². The normalized spacial score (nSPS) is 14.1. The molecule has 0 radical (unpaired) electrons. The summed E-state index contributed by atoms with van der Waals surface area (Å²) >= 11 is 0. The van der Waals surface area contributed by atoms with Crippen LogP contribution >= 0.6 is 0 Å². The minimum absolute atomic E-state index is 0.258. The maximum absolute atomic E-state index is 5.20. The number of hydrogen-bond acceptors (Lipinski definition) is 4. The van der Waals surface area contributed by atoms with Crippen LogP contribution in [0.4, 0.5) is 0 Å². The molecule has 0 heterocycles. The van der Waals surface area contributed by atoms with E-state index in [4.69, 9.17) is 9.47 Å². The Morgan fingerprint density at radius 1 is 1.05 bits per heavy atom. The van der Waals surface area contributed by atoms with Crippen LogP contribution in [0.25, 0.3) is 0 Å². The molecule has 0 aliphatic rings. The lowest BCUT2D eigenvalue weighted by molar-refractivity contribution is 0.0934. The lowest BCUT2D eigenvalue weighted by atomic mass is 9.86. The molecule has 0 rings (SSSR count). The number of ether oxygens (including phenoxy) is 2. The second kappa shape index (κ2) is 10.6. The SMILES string of the molecule is CCCNC(CN(CCOC)CCOC)C(C)(C)C. The first-order chi connectivity index (χ1) is 8.95. The van der Waals surface area contributed by atoms with Crippen molar-refractivity contribution in [3.05, 3.63) is 0 Å². The van der Waals surface area contributed by atoms with Crippen molar-refractivity contribution in [2.24, 2.45) is 5.41 Å². The summed E-state index contributed by atoms with van der Waals surface area (Å²) in [6, 6.07) is 0.487. The third kappa shape index (κ3) is 9.38. The largest absolute Gasteiger partial charge is 0.383 e. The van der Waals surface area contributed by atoms with E-state index in [0.29, 0.717) is 6.04 Å². The molecule has 19 heavy (non-hydrogen) atoms. The predicted molar refractivity (Wildman–Crippen MR) is 81.7 cm³/mol. The fraction of sp³-hybridized carbons (Fsp3) is 1.00. The minimum Gasteiger partial charge on any atom is -0.383 e. The number of nitrogens with zero attached hydrogens (tertiary/aromatic N) is 1. The fourth-order valence-corrected chi connectivity index (χ4v) is 1.96. The third-order valence-corrected chi connectivity index (χ3v) is 3.35. The maximum Gasteiger partial charge on any atom is 0.0589 e. The average molecular weight is 274 g/mol. The standard InChI is InChI=1S/C15H34N2O2/c1-7-8-16-14(15(2,3)4)13-17(9-11-18-5)10-12-19-6/h14,16H,7-13H2,1-6H3. The molecule has 0 aliphatic heterocycles. The zero-order valence-electron chi connectivity index (χ0n) is 13.8. The van der Waals surface area contributed by atoms with E-state index < -0.39 is 0 Å². The highest BCUT2D eigenvalue weighted by atomic mass is 16.5. The van der Waals surface area contributed by atoms with Crippen LogP contribution in [-0.4, -0.2) is 64.6 Å². The van der Waals surface area contributed by atoms with Gasteiger partial charge >= 0.3 is 0 Å². The number of methoxy groups -OCH3 is 2. The molecule has 0 saturated heterocycles. The van der Waals surface area contributed by atoms with Crippen molar-refractivity contribution < 1.29 is 9.47 Å². The van der Waals surface area contributed by atoms with Crippen molar-refractivity contribution in [3.8, 4) is 0 Å². The zero-order chi connectivity index (χ0) is 14.7. The highest BCUT2D eigenvalue weighted by Gasteiger charge is 2.25. The van der Waals surface area contributed by atoms with Gasteiger partial charge in [0.1, 0.15) is 0 Å². The maximum atomic E-state index is 5.20. The van der Waals surface area contributed by atoms with E-state index in [1.54, 1.807) is 14.2 Å². The van der Waals surface area contributed by atoms with Crippen molar-refractivity contribution in [3.63, 3.8) is 0 Å². The second-order valence-corrected chi connectivity index (χ2v) is 6.16. The van der Waals surface area contributed by atoms with Crippen LogP contribution in [0, 0.1) is 5.41 Å². The molecule has 4 nitrogen and oxygen atoms in total. The quantitative estimate of drug-likeness (QED) is 0.625. The molecular weight excluding hydrogens is 240 g/mol. The van der Waals surface area contributed by atoms with Gasteiger partial charge in [0.2, 0.25) is 0 Å². The molecule has 4 heteroatoms. The Hall–Kier alpha value is -0.160. The Morgan fingerprint density at radius 3 is 1.95 bits per heavy atom. The van der Waals surface area contributed by atoms with Gasteiger partial charge in [-0.1, -0.05) is 27.7 Å². The summed E-state index contributed by atoms with van der Waals surface area (Å²) < 4.78 is 10.4. The topological polar surface area (TPSA) is 33.7 Å². The van der Waals surface area contributed by atoms with E-state index in [1.807, 2.05) is 0 Å². The number of hydrogen-bond donors (Lipinski definition) is 1. The van der Waals surface area contributed by atoms with Gasteiger partial charge in [-0.3, -0.25) is 4.90 Å². The highest BCUT2D eigenvalue weighted by molar-refractivity contribution is 4.83. The van der Waals surface area contributed by atoms with Crippen molar-refractivity contribution >= 4 is 0 Å². The Morgan fingerprint density at radius 2 is 1.58 bits per heavy atom. The summed E-state index contributed by atoms with van der Waals surface area (Å²) in [7, 11) is 3.51. The molecule has 0 aromatic carbocycles. The van der Waals surface area contributed by atoms with E-state index in [1.165, 1.54) is 6.42 Å². The molecule has 1 unspecified atom stereocenters. The molecule has 116 valence electrons. The summed E-state index contributed by atoms with van der Waals surface area (Å²) in [4.78, 5) is 2.42. The molecule has 1 atom stereocenters. The van der Waals surface area contributed by atoms with E-state index in [2.05, 4.69) is 37.9 Å². The minimum atomic E-state index is 0.258. The van der Waals surface area contributed by atoms with Gasteiger partial charge < -0.3 is 14.8 Å². The Bertz CT molecular complexity index is 197. The molecule has 1 N–H and O–H groups in total. The first-order valence-electron chi connectivity index (χ1n) is 7.39. The summed E-state index contributed by atoms with van der Waals surface area (Å²) in [6.45, 7) is 14.7. The Labute approximate surface area is 119 Å². The molecule has 0 amide bonds. The Balaban J connectivity index is 4.42. The predicted octanol–water partition coefficient (Wildman–Crippen LogP) is 2.00. The van der Waals surface area contributed by atoms with E-state index >= 15 is 0 Å². The zero-order valence-corrected chi connectivity index (χ0v) is 13.8. The van der Waals surface area contributed by atoms with Crippen molar-refractivity contribution in [1.82, 2.24) is 10.2 Å². The monoisotopic (exact) mass is 274 g/mol. The van der Waals surface area contributed by atoms with Gasteiger partial charge in [0.15, 0.2) is 0 Å². The van der Waals surface area contributed by atoms with Crippen LogP contribution in [0.1, 0.15) is 34.1 Å². The van der Waals surface area contributed by atoms with Gasteiger partial charge in [-0.15, -0.1) is 0 Å². The van der Waals surface area contributed by atoms with Gasteiger partial charge in [0.05, 0.1) is 13.2 Å². The van der Waals surface area contributed by atoms with Crippen molar-refractivity contribution in [2.45, 2.75) is 40.2 Å². The van der Waals surface area contributed by atoms with Crippen LogP contribution in [0.3, 0.4) is 0 Å². The highest BCUT2D eigenvalue weighted by Crippen LogP contribution is 2.20.